The predicted octanol–water partition coefficient (Wildman–Crippen LogP) is 2.72. The minimum absolute atomic E-state index is 0.284. The molecule has 3 nitrogen and oxygen atoms in total. The quantitative estimate of drug-likeness (QED) is 0.642. The molecule has 0 fully saturated rings. The van der Waals surface area contributed by atoms with Crippen LogP contribution in [-0.4, -0.2) is 7.11 Å². The van der Waals surface area contributed by atoms with Gasteiger partial charge in [0.05, 0.1) is 6.04 Å². The third-order valence-corrected chi connectivity index (χ3v) is 3.07. The fourth-order valence-electron chi connectivity index (χ4n) is 2.17. The normalized spacial score (nSPS) is 14.1. The van der Waals surface area contributed by atoms with Crippen molar-refractivity contribution >= 4 is 0 Å². The first-order valence-electron chi connectivity index (χ1n) is 6.05. The van der Waals surface area contributed by atoms with E-state index in [4.69, 9.17) is 10.6 Å². The highest BCUT2D eigenvalue weighted by Crippen LogP contribution is 2.31. The summed E-state index contributed by atoms with van der Waals surface area (Å²) in [4.78, 5) is 0. The van der Waals surface area contributed by atoms with E-state index in [1.54, 1.807) is 13.2 Å². The molecule has 19 heavy (non-hydrogen) atoms. The number of halogens is 1. The fraction of sp³-hybridized carbons (Fsp3) is 0.200. The summed E-state index contributed by atoms with van der Waals surface area (Å²) in [6, 6.07) is 15.7. The van der Waals surface area contributed by atoms with E-state index in [0.717, 1.165) is 11.1 Å². The van der Waals surface area contributed by atoms with Crippen LogP contribution in [0.1, 0.15) is 23.3 Å². The van der Waals surface area contributed by atoms with Crippen molar-refractivity contribution in [1.82, 2.24) is 5.43 Å². The van der Waals surface area contributed by atoms with Crippen LogP contribution in [0, 0.1) is 5.82 Å². The Morgan fingerprint density at radius 1 is 1.05 bits per heavy atom. The number of rotatable bonds is 5. The Balaban J connectivity index is 2.34. The van der Waals surface area contributed by atoms with Crippen LogP contribution in [0.15, 0.2) is 54.6 Å². The van der Waals surface area contributed by atoms with Gasteiger partial charge < -0.3 is 4.74 Å². The number of nitrogens with two attached hydrogens (primary N) is 1. The average molecular weight is 260 g/mol. The third kappa shape index (κ3) is 3.17. The zero-order chi connectivity index (χ0) is 13.7. The summed E-state index contributed by atoms with van der Waals surface area (Å²) in [5.41, 5.74) is 4.44. The summed E-state index contributed by atoms with van der Waals surface area (Å²) in [6.45, 7) is 0. The Bertz CT molecular complexity index is 519. The smallest absolute Gasteiger partial charge is 0.123 e. The summed E-state index contributed by atoms with van der Waals surface area (Å²) >= 11 is 0. The number of nitrogens with one attached hydrogen (secondary N) is 1. The van der Waals surface area contributed by atoms with Gasteiger partial charge in [-0.25, -0.2) is 9.82 Å². The molecule has 100 valence electrons. The van der Waals surface area contributed by atoms with Crippen molar-refractivity contribution in [1.29, 1.82) is 0 Å². The molecule has 2 rings (SSSR count). The summed E-state index contributed by atoms with van der Waals surface area (Å²) in [5, 5.41) is 0. The lowest BCUT2D eigenvalue weighted by atomic mass is 9.96. The van der Waals surface area contributed by atoms with Gasteiger partial charge in [-0.3, -0.25) is 5.84 Å². The molecule has 0 aliphatic rings. The largest absolute Gasteiger partial charge is 0.375 e. The Morgan fingerprint density at radius 2 is 1.74 bits per heavy atom. The molecule has 0 aromatic heterocycles. The summed E-state index contributed by atoms with van der Waals surface area (Å²) < 4.78 is 18.8. The van der Waals surface area contributed by atoms with Crippen molar-refractivity contribution in [2.45, 2.75) is 12.1 Å². The molecule has 4 heteroatoms. The number of hydrazine groups is 1. The van der Waals surface area contributed by atoms with Gasteiger partial charge >= 0.3 is 0 Å². The molecule has 0 saturated heterocycles. The molecule has 0 aliphatic carbocycles. The lowest BCUT2D eigenvalue weighted by molar-refractivity contribution is 0.0675. The van der Waals surface area contributed by atoms with Gasteiger partial charge in [0.2, 0.25) is 0 Å². The van der Waals surface area contributed by atoms with Gasteiger partial charge in [-0.1, -0.05) is 42.5 Å². The Labute approximate surface area is 112 Å². The SMILES string of the molecule is COC(c1ccccc1)C(NN)c1cccc(F)c1. The van der Waals surface area contributed by atoms with E-state index in [9.17, 15) is 4.39 Å². The van der Waals surface area contributed by atoms with Crippen molar-refractivity contribution < 1.29 is 9.13 Å². The monoisotopic (exact) mass is 260 g/mol. The van der Waals surface area contributed by atoms with E-state index < -0.39 is 0 Å². The molecule has 0 radical (unpaired) electrons. The van der Waals surface area contributed by atoms with Crippen LogP contribution in [0.5, 0.6) is 0 Å². The second-order valence-electron chi connectivity index (χ2n) is 4.27. The first-order chi connectivity index (χ1) is 9.26. The number of hydrogen-bond donors (Lipinski definition) is 2. The Morgan fingerprint density at radius 3 is 2.32 bits per heavy atom. The zero-order valence-corrected chi connectivity index (χ0v) is 10.7. The van der Waals surface area contributed by atoms with Gasteiger partial charge in [0.1, 0.15) is 11.9 Å². The number of benzene rings is 2. The van der Waals surface area contributed by atoms with E-state index in [1.807, 2.05) is 36.4 Å². The highest BCUT2D eigenvalue weighted by atomic mass is 19.1. The van der Waals surface area contributed by atoms with Gasteiger partial charge in [-0.2, -0.15) is 0 Å². The number of methoxy groups -OCH3 is 1. The van der Waals surface area contributed by atoms with Crippen molar-refractivity contribution in [3.63, 3.8) is 0 Å². The van der Waals surface area contributed by atoms with E-state index in [1.165, 1.54) is 12.1 Å². The van der Waals surface area contributed by atoms with E-state index in [-0.39, 0.29) is 18.0 Å². The highest BCUT2D eigenvalue weighted by molar-refractivity contribution is 5.26. The molecule has 2 aromatic carbocycles. The molecule has 0 aliphatic heterocycles. The summed E-state index contributed by atoms with van der Waals surface area (Å²) in [6.07, 6.45) is -0.284. The first-order valence-corrected chi connectivity index (χ1v) is 6.05. The van der Waals surface area contributed by atoms with Crippen LogP contribution in [0.2, 0.25) is 0 Å². The minimum atomic E-state index is -0.317. The molecule has 0 spiro atoms. The summed E-state index contributed by atoms with van der Waals surface area (Å²) in [7, 11) is 1.61. The minimum Gasteiger partial charge on any atom is -0.375 e. The molecule has 0 heterocycles. The molecule has 2 unspecified atom stereocenters. The zero-order valence-electron chi connectivity index (χ0n) is 10.7. The molecular weight excluding hydrogens is 243 g/mol. The maximum absolute atomic E-state index is 13.3. The van der Waals surface area contributed by atoms with Gasteiger partial charge in [-0.05, 0) is 23.3 Å². The standard InChI is InChI=1S/C15H17FN2O/c1-19-15(11-6-3-2-4-7-11)14(18-17)12-8-5-9-13(16)10-12/h2-10,14-15,18H,17H2,1H3. The second-order valence-corrected chi connectivity index (χ2v) is 4.27. The molecule has 2 atom stereocenters. The maximum Gasteiger partial charge on any atom is 0.123 e. The van der Waals surface area contributed by atoms with E-state index >= 15 is 0 Å². The summed E-state index contributed by atoms with van der Waals surface area (Å²) in [5.74, 6) is 5.33. The number of ether oxygens (including phenoxy) is 1. The van der Waals surface area contributed by atoms with Crippen LogP contribution in [0.25, 0.3) is 0 Å². The van der Waals surface area contributed by atoms with E-state index in [2.05, 4.69) is 5.43 Å². The molecule has 0 saturated carbocycles. The predicted molar refractivity (Wildman–Crippen MR) is 72.7 cm³/mol. The molecule has 0 amide bonds. The van der Waals surface area contributed by atoms with Crippen LogP contribution in [0.3, 0.4) is 0 Å². The first kappa shape index (κ1) is 13.7. The topological polar surface area (TPSA) is 47.3 Å². The second kappa shape index (κ2) is 6.43. The van der Waals surface area contributed by atoms with Crippen LogP contribution in [-0.2, 0) is 4.74 Å². The van der Waals surface area contributed by atoms with Crippen molar-refractivity contribution in [2.75, 3.05) is 7.11 Å². The van der Waals surface area contributed by atoms with Gasteiger partial charge in [-0.15, -0.1) is 0 Å². The number of hydrogen-bond acceptors (Lipinski definition) is 3. The Hall–Kier alpha value is -1.75. The molecule has 0 bridgehead atoms. The molecule has 2 aromatic rings. The molecular formula is C15H17FN2O. The van der Waals surface area contributed by atoms with Crippen LogP contribution < -0.4 is 11.3 Å². The average Bonchev–Trinajstić information content (AvgIpc) is 2.45. The highest BCUT2D eigenvalue weighted by Gasteiger charge is 2.23. The Kier molecular flexibility index (Phi) is 4.63. The van der Waals surface area contributed by atoms with Crippen molar-refractivity contribution in [3.8, 4) is 0 Å². The van der Waals surface area contributed by atoms with Gasteiger partial charge in [0, 0.05) is 7.11 Å². The van der Waals surface area contributed by atoms with Crippen molar-refractivity contribution in [3.05, 3.63) is 71.5 Å². The molecule has 3 N–H and O–H groups in total. The van der Waals surface area contributed by atoms with Gasteiger partial charge in [0.25, 0.3) is 0 Å². The van der Waals surface area contributed by atoms with Crippen LogP contribution >= 0.6 is 0 Å². The lowest BCUT2D eigenvalue weighted by Crippen LogP contribution is -2.33. The van der Waals surface area contributed by atoms with Gasteiger partial charge in [0.15, 0.2) is 0 Å². The van der Waals surface area contributed by atoms with E-state index in [0.29, 0.717) is 0 Å². The van der Waals surface area contributed by atoms with Crippen molar-refractivity contribution in [2.24, 2.45) is 5.84 Å². The lowest BCUT2D eigenvalue weighted by Gasteiger charge is -2.26. The maximum atomic E-state index is 13.3. The van der Waals surface area contributed by atoms with Crippen LogP contribution in [0.4, 0.5) is 4.39 Å². The fourth-order valence-corrected chi connectivity index (χ4v) is 2.17. The third-order valence-electron chi connectivity index (χ3n) is 3.07.